The highest BCUT2D eigenvalue weighted by Crippen LogP contribution is 2.26. The molecule has 0 fully saturated rings. The Morgan fingerprint density at radius 1 is 1.20 bits per heavy atom. The zero-order valence-corrected chi connectivity index (χ0v) is 13.3. The van der Waals surface area contributed by atoms with Gasteiger partial charge in [-0.3, -0.25) is 0 Å². The summed E-state index contributed by atoms with van der Waals surface area (Å²) < 4.78 is 9.61. The van der Waals surface area contributed by atoms with Crippen LogP contribution in [0.3, 0.4) is 0 Å². The lowest BCUT2D eigenvalue weighted by Gasteiger charge is -2.23. The molecule has 0 saturated carbocycles. The summed E-state index contributed by atoms with van der Waals surface area (Å²) in [6.45, 7) is -0.661. The first kappa shape index (κ1) is 20.6. The van der Waals surface area contributed by atoms with Gasteiger partial charge in [0, 0.05) is 6.08 Å². The fourth-order valence-electron chi connectivity index (χ4n) is 1.79. The molecule has 5 N–H and O–H groups in total. The number of ether oxygens (including phenoxy) is 2. The second kappa shape index (κ2) is 9.74. The number of aliphatic hydroxyl groups is 4. The first-order chi connectivity index (χ1) is 11.8. The second-order valence-electron chi connectivity index (χ2n) is 5.07. The molecule has 25 heavy (non-hydrogen) atoms. The molecule has 0 aliphatic heterocycles. The minimum absolute atomic E-state index is 0.00127. The molecule has 0 bridgehead atoms. The van der Waals surface area contributed by atoms with Crippen molar-refractivity contribution in [1.82, 2.24) is 0 Å². The Morgan fingerprint density at radius 3 is 2.48 bits per heavy atom. The lowest BCUT2D eigenvalue weighted by atomic mass is 10.0. The molecule has 0 spiro atoms. The van der Waals surface area contributed by atoms with Crippen LogP contribution < -0.4 is 4.74 Å². The number of carbonyl (C=O) groups is 2. The predicted molar refractivity (Wildman–Crippen MR) is 84.7 cm³/mol. The molecule has 9 nitrogen and oxygen atoms in total. The van der Waals surface area contributed by atoms with Crippen molar-refractivity contribution >= 4 is 18.3 Å². The third-order valence-corrected chi connectivity index (χ3v) is 3.25. The van der Waals surface area contributed by atoms with Gasteiger partial charge in [-0.1, -0.05) is 6.07 Å². The first-order valence-electron chi connectivity index (χ1n) is 7.19. The Bertz CT molecular complexity index is 614. The highest BCUT2D eigenvalue weighted by molar-refractivity contribution is 5.87. The average molecular weight is 356 g/mol. The van der Waals surface area contributed by atoms with Crippen LogP contribution in [-0.2, 0) is 14.3 Å². The summed E-state index contributed by atoms with van der Waals surface area (Å²) in [7, 11) is 1.37. The molecule has 4 atom stereocenters. The van der Waals surface area contributed by atoms with Crippen LogP contribution in [0.2, 0.25) is 0 Å². The van der Waals surface area contributed by atoms with Gasteiger partial charge in [0.05, 0.1) is 7.11 Å². The van der Waals surface area contributed by atoms with Crippen molar-refractivity contribution in [3.05, 3.63) is 29.8 Å². The molecule has 1 aromatic carbocycles. The lowest BCUT2D eigenvalue weighted by Crippen LogP contribution is -2.46. The number of hydrogen-bond donors (Lipinski definition) is 5. The Hall–Kier alpha value is -2.46. The number of phenolic OH excluding ortho intramolecular Hbond substituents is 1. The fraction of sp³-hybridized carbons (Fsp3) is 0.375. The number of hydrogen-bond acceptors (Lipinski definition) is 9. The van der Waals surface area contributed by atoms with Crippen molar-refractivity contribution < 1.29 is 44.6 Å². The fourth-order valence-corrected chi connectivity index (χ4v) is 1.79. The third kappa shape index (κ3) is 6.16. The van der Waals surface area contributed by atoms with Gasteiger partial charge < -0.3 is 39.8 Å². The number of methoxy groups -OCH3 is 1. The maximum absolute atomic E-state index is 11.6. The van der Waals surface area contributed by atoms with E-state index in [4.69, 9.17) is 14.6 Å². The smallest absolute Gasteiger partial charge is 0.330 e. The van der Waals surface area contributed by atoms with Gasteiger partial charge in [-0.2, -0.15) is 0 Å². The van der Waals surface area contributed by atoms with E-state index in [9.17, 15) is 30.0 Å². The molecule has 138 valence electrons. The molecule has 0 aromatic heterocycles. The molecular weight excluding hydrogens is 336 g/mol. The molecule has 0 radical (unpaired) electrons. The predicted octanol–water partition coefficient (Wildman–Crippen LogP) is -1.40. The highest BCUT2D eigenvalue weighted by atomic mass is 16.5. The van der Waals surface area contributed by atoms with E-state index >= 15 is 0 Å². The Morgan fingerprint density at radius 2 is 1.88 bits per heavy atom. The quantitative estimate of drug-likeness (QED) is 0.204. The van der Waals surface area contributed by atoms with Gasteiger partial charge >= 0.3 is 5.97 Å². The van der Waals surface area contributed by atoms with E-state index in [-0.39, 0.29) is 17.8 Å². The standard InChI is InChI=1S/C16H20O9/c1-24-13-6-9(2-4-10(13)18)3-5-14(21)25-8-12(20)16(23)15(22)11(19)7-17/h2-7,11-12,15-16,18-20,22-23H,8H2,1H3/b5-3+. The van der Waals surface area contributed by atoms with Crippen LogP contribution in [0.5, 0.6) is 11.5 Å². The van der Waals surface area contributed by atoms with Crippen LogP contribution in [-0.4, -0.2) is 75.9 Å². The van der Waals surface area contributed by atoms with E-state index in [1.54, 1.807) is 0 Å². The van der Waals surface area contributed by atoms with Crippen LogP contribution >= 0.6 is 0 Å². The maximum Gasteiger partial charge on any atom is 0.330 e. The molecule has 9 heteroatoms. The summed E-state index contributed by atoms with van der Waals surface area (Å²) in [4.78, 5) is 21.9. The summed E-state index contributed by atoms with van der Waals surface area (Å²) >= 11 is 0. The van der Waals surface area contributed by atoms with Crippen LogP contribution in [0.4, 0.5) is 0 Å². The van der Waals surface area contributed by atoms with E-state index < -0.39 is 37.0 Å². The number of aldehydes is 1. The van der Waals surface area contributed by atoms with Crippen molar-refractivity contribution in [3.8, 4) is 11.5 Å². The molecule has 0 aliphatic rings. The third-order valence-electron chi connectivity index (χ3n) is 3.25. The minimum Gasteiger partial charge on any atom is -0.504 e. The Balaban J connectivity index is 2.55. The summed E-state index contributed by atoms with van der Waals surface area (Å²) in [6.07, 6.45) is -4.94. The van der Waals surface area contributed by atoms with E-state index in [2.05, 4.69) is 0 Å². The van der Waals surface area contributed by atoms with Crippen LogP contribution in [0.25, 0.3) is 6.08 Å². The largest absolute Gasteiger partial charge is 0.504 e. The lowest BCUT2D eigenvalue weighted by molar-refractivity contribution is -0.151. The van der Waals surface area contributed by atoms with E-state index in [1.807, 2.05) is 0 Å². The van der Waals surface area contributed by atoms with Crippen LogP contribution in [0.15, 0.2) is 24.3 Å². The van der Waals surface area contributed by atoms with Crippen molar-refractivity contribution in [1.29, 1.82) is 0 Å². The average Bonchev–Trinajstić information content (AvgIpc) is 2.63. The molecule has 0 aliphatic carbocycles. The first-order valence-corrected chi connectivity index (χ1v) is 7.19. The Kier molecular flexibility index (Phi) is 8.02. The van der Waals surface area contributed by atoms with E-state index in [1.165, 1.54) is 31.4 Å². The number of carbonyl (C=O) groups excluding carboxylic acids is 2. The SMILES string of the molecule is COc1cc(/C=C/C(=O)OCC(O)C(O)C(O)C(O)C=O)ccc1O. The van der Waals surface area contributed by atoms with Crippen molar-refractivity contribution in [2.75, 3.05) is 13.7 Å². The Labute approximate surface area is 143 Å². The van der Waals surface area contributed by atoms with Gasteiger partial charge in [-0.05, 0) is 23.8 Å². The number of benzene rings is 1. The highest BCUT2D eigenvalue weighted by Gasteiger charge is 2.30. The topological polar surface area (TPSA) is 154 Å². The number of aromatic hydroxyl groups is 1. The summed E-state index contributed by atoms with van der Waals surface area (Å²) in [5, 5.41) is 47.0. The molecule has 0 heterocycles. The summed E-state index contributed by atoms with van der Waals surface area (Å²) in [6, 6.07) is 4.38. The van der Waals surface area contributed by atoms with Gasteiger partial charge in [0.15, 0.2) is 17.8 Å². The van der Waals surface area contributed by atoms with Gasteiger partial charge in [-0.25, -0.2) is 4.79 Å². The van der Waals surface area contributed by atoms with Gasteiger partial charge in [0.2, 0.25) is 0 Å². The summed E-state index contributed by atoms with van der Waals surface area (Å²) in [5.41, 5.74) is 0.539. The normalized spacial score (nSPS) is 16.0. The number of phenols is 1. The molecule has 0 amide bonds. The van der Waals surface area contributed by atoms with E-state index in [0.29, 0.717) is 5.56 Å². The van der Waals surface area contributed by atoms with Crippen molar-refractivity contribution in [3.63, 3.8) is 0 Å². The number of rotatable bonds is 9. The van der Waals surface area contributed by atoms with Crippen molar-refractivity contribution in [2.45, 2.75) is 24.4 Å². The van der Waals surface area contributed by atoms with Gasteiger partial charge in [0.25, 0.3) is 0 Å². The maximum atomic E-state index is 11.6. The zero-order chi connectivity index (χ0) is 19.0. The zero-order valence-electron chi connectivity index (χ0n) is 13.3. The van der Waals surface area contributed by atoms with E-state index in [0.717, 1.165) is 6.08 Å². The van der Waals surface area contributed by atoms with Gasteiger partial charge in [-0.15, -0.1) is 0 Å². The molecule has 0 saturated heterocycles. The monoisotopic (exact) mass is 356 g/mol. The number of aliphatic hydroxyl groups excluding tert-OH is 4. The number of esters is 1. The minimum atomic E-state index is -1.91. The molecule has 1 aromatic rings. The molecule has 1 rings (SSSR count). The second-order valence-corrected chi connectivity index (χ2v) is 5.07. The van der Waals surface area contributed by atoms with Crippen molar-refractivity contribution in [2.24, 2.45) is 0 Å². The van der Waals surface area contributed by atoms with Gasteiger partial charge in [0.1, 0.15) is 31.0 Å². The molecular formula is C16H20O9. The van der Waals surface area contributed by atoms with Crippen LogP contribution in [0.1, 0.15) is 5.56 Å². The van der Waals surface area contributed by atoms with Crippen LogP contribution in [0, 0.1) is 0 Å². The molecule has 4 unspecified atom stereocenters. The summed E-state index contributed by atoms with van der Waals surface area (Å²) in [5.74, 6) is -0.684.